The lowest BCUT2D eigenvalue weighted by atomic mass is 10.1. The monoisotopic (exact) mass is 399 g/mol. The summed E-state index contributed by atoms with van der Waals surface area (Å²) < 4.78 is 6.74. The lowest BCUT2D eigenvalue weighted by Gasteiger charge is -2.33. The molecule has 1 fully saturated rings. The van der Waals surface area contributed by atoms with Crippen molar-refractivity contribution in [3.63, 3.8) is 0 Å². The number of halogens is 1. The second kappa shape index (κ2) is 6.92. The highest BCUT2D eigenvalue weighted by atomic mass is 79.9. The summed E-state index contributed by atoms with van der Waals surface area (Å²) in [5.74, 6) is 0.969. The molecule has 0 unspecified atom stereocenters. The van der Waals surface area contributed by atoms with Gasteiger partial charge in [-0.05, 0) is 35.0 Å². The van der Waals surface area contributed by atoms with E-state index < -0.39 is 0 Å². The molecule has 3 heterocycles. The molecular weight excluding hydrogens is 382 g/mol. The van der Waals surface area contributed by atoms with E-state index in [1.54, 1.807) is 12.4 Å². The molecule has 1 aliphatic rings. The molecule has 0 saturated carbocycles. The van der Waals surface area contributed by atoms with Crippen LogP contribution in [0.2, 0.25) is 0 Å². The van der Waals surface area contributed by atoms with E-state index in [1.165, 1.54) is 0 Å². The standard InChI is InChI=1S/C18H18BrN5O/c1-12-17(23-16-5-3-2-4-15(16)22-12)24-8-6-14(7-9-24)25-18-20-10-13(19)11-21-18/h2-5,10-11,14H,6-9H2,1H3. The van der Waals surface area contributed by atoms with Crippen LogP contribution in [0.1, 0.15) is 18.5 Å². The zero-order chi connectivity index (χ0) is 17.2. The predicted octanol–water partition coefficient (Wildman–Crippen LogP) is 3.54. The number of anilines is 1. The summed E-state index contributed by atoms with van der Waals surface area (Å²) in [6.07, 6.45) is 5.35. The number of aromatic nitrogens is 4. The van der Waals surface area contributed by atoms with Gasteiger partial charge < -0.3 is 9.64 Å². The SMILES string of the molecule is Cc1nc2ccccc2nc1N1CCC(Oc2ncc(Br)cn2)CC1. The van der Waals surface area contributed by atoms with Crippen LogP contribution in [-0.4, -0.2) is 39.1 Å². The lowest BCUT2D eigenvalue weighted by molar-refractivity contribution is 0.156. The van der Waals surface area contributed by atoms with Gasteiger partial charge in [-0.25, -0.2) is 19.9 Å². The number of aryl methyl sites for hydroxylation is 1. The van der Waals surface area contributed by atoms with E-state index in [-0.39, 0.29) is 6.10 Å². The first-order chi connectivity index (χ1) is 12.2. The van der Waals surface area contributed by atoms with Crippen LogP contribution in [0, 0.1) is 6.92 Å². The third-order valence-corrected chi connectivity index (χ3v) is 4.74. The van der Waals surface area contributed by atoms with Crippen molar-refractivity contribution in [2.45, 2.75) is 25.9 Å². The molecular formula is C18H18BrN5O. The van der Waals surface area contributed by atoms with Gasteiger partial charge in [0, 0.05) is 38.3 Å². The first-order valence-corrected chi connectivity index (χ1v) is 9.11. The summed E-state index contributed by atoms with van der Waals surface area (Å²) in [5, 5.41) is 0. The van der Waals surface area contributed by atoms with Crippen LogP contribution in [0.3, 0.4) is 0 Å². The summed E-state index contributed by atoms with van der Waals surface area (Å²) in [6, 6.07) is 8.42. The maximum atomic E-state index is 5.89. The predicted molar refractivity (Wildman–Crippen MR) is 99.9 cm³/mol. The Kier molecular flexibility index (Phi) is 4.48. The van der Waals surface area contributed by atoms with Gasteiger partial charge in [-0.2, -0.15) is 0 Å². The first kappa shape index (κ1) is 16.2. The van der Waals surface area contributed by atoms with Crippen molar-refractivity contribution in [1.29, 1.82) is 0 Å². The highest BCUT2D eigenvalue weighted by Gasteiger charge is 2.23. The molecule has 0 bridgehead atoms. The van der Waals surface area contributed by atoms with E-state index in [0.29, 0.717) is 6.01 Å². The number of hydrogen-bond donors (Lipinski definition) is 0. The van der Waals surface area contributed by atoms with Crippen molar-refractivity contribution in [2.75, 3.05) is 18.0 Å². The molecule has 1 saturated heterocycles. The Bertz CT molecular complexity index is 878. The molecule has 0 radical (unpaired) electrons. The Hall–Kier alpha value is -2.28. The number of benzene rings is 1. The number of para-hydroxylation sites is 2. The molecule has 2 aromatic heterocycles. The van der Waals surface area contributed by atoms with Gasteiger partial charge in [0.25, 0.3) is 0 Å². The fraction of sp³-hybridized carbons (Fsp3) is 0.333. The van der Waals surface area contributed by atoms with E-state index >= 15 is 0 Å². The third-order valence-electron chi connectivity index (χ3n) is 4.33. The van der Waals surface area contributed by atoms with E-state index in [9.17, 15) is 0 Å². The zero-order valence-corrected chi connectivity index (χ0v) is 15.5. The second-order valence-corrected chi connectivity index (χ2v) is 7.03. The number of fused-ring (bicyclic) bond motifs is 1. The van der Waals surface area contributed by atoms with Crippen LogP contribution in [0.4, 0.5) is 5.82 Å². The van der Waals surface area contributed by atoms with Crippen molar-refractivity contribution < 1.29 is 4.74 Å². The number of rotatable bonds is 3. The van der Waals surface area contributed by atoms with E-state index in [0.717, 1.165) is 52.9 Å². The van der Waals surface area contributed by atoms with Crippen molar-refractivity contribution in [2.24, 2.45) is 0 Å². The fourth-order valence-electron chi connectivity index (χ4n) is 3.07. The summed E-state index contributed by atoms with van der Waals surface area (Å²) in [4.78, 5) is 20.1. The minimum Gasteiger partial charge on any atom is -0.460 e. The summed E-state index contributed by atoms with van der Waals surface area (Å²) in [7, 11) is 0. The fourth-order valence-corrected chi connectivity index (χ4v) is 3.28. The van der Waals surface area contributed by atoms with Gasteiger partial charge in [-0.1, -0.05) is 12.1 Å². The van der Waals surface area contributed by atoms with E-state index in [1.807, 2.05) is 31.2 Å². The van der Waals surface area contributed by atoms with Gasteiger partial charge in [0.2, 0.25) is 0 Å². The smallest absolute Gasteiger partial charge is 0.316 e. The van der Waals surface area contributed by atoms with Crippen molar-refractivity contribution in [1.82, 2.24) is 19.9 Å². The largest absolute Gasteiger partial charge is 0.460 e. The second-order valence-electron chi connectivity index (χ2n) is 6.11. The van der Waals surface area contributed by atoms with E-state index in [4.69, 9.17) is 9.72 Å². The molecule has 0 atom stereocenters. The molecule has 25 heavy (non-hydrogen) atoms. The van der Waals surface area contributed by atoms with Gasteiger partial charge in [0.1, 0.15) is 6.10 Å². The van der Waals surface area contributed by atoms with Crippen LogP contribution in [0.25, 0.3) is 11.0 Å². The summed E-state index contributed by atoms with van der Waals surface area (Å²) >= 11 is 3.33. The third kappa shape index (κ3) is 3.56. The van der Waals surface area contributed by atoms with Gasteiger partial charge in [0.05, 0.1) is 21.2 Å². The quantitative estimate of drug-likeness (QED) is 0.670. The van der Waals surface area contributed by atoms with Crippen molar-refractivity contribution >= 4 is 32.8 Å². The highest BCUT2D eigenvalue weighted by Crippen LogP contribution is 2.24. The zero-order valence-electron chi connectivity index (χ0n) is 13.9. The van der Waals surface area contributed by atoms with Crippen molar-refractivity contribution in [3.05, 3.63) is 46.8 Å². The molecule has 0 amide bonds. The minimum absolute atomic E-state index is 0.131. The number of hydrogen-bond acceptors (Lipinski definition) is 6. The van der Waals surface area contributed by atoms with Gasteiger partial charge in [-0.3, -0.25) is 0 Å². The molecule has 1 aliphatic heterocycles. The Morgan fingerprint density at radius 1 is 1.04 bits per heavy atom. The normalized spacial score (nSPS) is 15.5. The minimum atomic E-state index is 0.131. The van der Waals surface area contributed by atoms with Gasteiger partial charge in [0.15, 0.2) is 5.82 Å². The van der Waals surface area contributed by atoms with E-state index in [2.05, 4.69) is 35.8 Å². The highest BCUT2D eigenvalue weighted by molar-refractivity contribution is 9.10. The maximum absolute atomic E-state index is 5.89. The summed E-state index contributed by atoms with van der Waals surface area (Å²) in [6.45, 7) is 3.79. The lowest BCUT2D eigenvalue weighted by Crippen LogP contribution is -2.39. The average Bonchev–Trinajstić information content (AvgIpc) is 2.64. The Morgan fingerprint density at radius 3 is 2.36 bits per heavy atom. The molecule has 0 aliphatic carbocycles. The van der Waals surface area contributed by atoms with Crippen molar-refractivity contribution in [3.8, 4) is 6.01 Å². The molecule has 7 heteroatoms. The molecule has 4 rings (SSSR count). The number of nitrogens with zero attached hydrogens (tertiary/aromatic N) is 5. The summed E-state index contributed by atoms with van der Waals surface area (Å²) in [5.41, 5.74) is 2.84. The first-order valence-electron chi connectivity index (χ1n) is 8.31. The van der Waals surface area contributed by atoms with Crippen LogP contribution in [-0.2, 0) is 0 Å². The number of piperidine rings is 1. The molecule has 128 valence electrons. The average molecular weight is 400 g/mol. The number of ether oxygens (including phenoxy) is 1. The van der Waals surface area contributed by atoms with Gasteiger partial charge >= 0.3 is 6.01 Å². The van der Waals surface area contributed by atoms with Gasteiger partial charge in [-0.15, -0.1) is 0 Å². The van der Waals surface area contributed by atoms with Crippen LogP contribution in [0.5, 0.6) is 6.01 Å². The Labute approximate surface area is 154 Å². The maximum Gasteiger partial charge on any atom is 0.316 e. The van der Waals surface area contributed by atoms with Crippen LogP contribution >= 0.6 is 15.9 Å². The Balaban J connectivity index is 1.45. The molecule has 0 N–H and O–H groups in total. The molecule has 1 aromatic carbocycles. The molecule has 3 aromatic rings. The topological polar surface area (TPSA) is 64.0 Å². The van der Waals surface area contributed by atoms with Crippen LogP contribution in [0.15, 0.2) is 41.1 Å². The Morgan fingerprint density at radius 2 is 1.68 bits per heavy atom. The molecule has 0 spiro atoms. The molecule has 6 nitrogen and oxygen atoms in total. The van der Waals surface area contributed by atoms with Crippen LogP contribution < -0.4 is 9.64 Å².